The van der Waals surface area contributed by atoms with E-state index in [2.05, 4.69) is 4.98 Å². The monoisotopic (exact) mass is 501 g/mol. The molecule has 9 heteroatoms. The zero-order chi connectivity index (χ0) is 24.9. The number of sulfonamides is 1. The number of aromatic nitrogens is 1. The quantitative estimate of drug-likeness (QED) is 0.416. The van der Waals surface area contributed by atoms with Crippen molar-refractivity contribution in [2.24, 2.45) is 5.92 Å². The van der Waals surface area contributed by atoms with Crippen molar-refractivity contribution in [3.63, 3.8) is 0 Å². The molecule has 3 rings (SSSR count). The third kappa shape index (κ3) is 6.15. The molecular weight excluding hydrogens is 470 g/mol. The number of hydrogen-bond donors (Lipinski definition) is 1. The summed E-state index contributed by atoms with van der Waals surface area (Å²) < 4.78 is 55.5. The molecule has 0 aliphatic carbocycles. The second-order valence-electron chi connectivity index (χ2n) is 8.55. The summed E-state index contributed by atoms with van der Waals surface area (Å²) in [6.07, 6.45) is 5.39. The second-order valence-corrected chi connectivity index (χ2v) is 12.5. The van der Waals surface area contributed by atoms with Crippen LogP contribution in [0.2, 0.25) is 0 Å². The van der Waals surface area contributed by atoms with Gasteiger partial charge in [0.1, 0.15) is 12.4 Å². The van der Waals surface area contributed by atoms with Gasteiger partial charge in [0.05, 0.1) is 25.2 Å². The molecule has 3 aromatic rings. The van der Waals surface area contributed by atoms with Crippen LogP contribution in [-0.4, -0.2) is 30.4 Å². The minimum Gasteiger partial charge on any atom is -0.488 e. The van der Waals surface area contributed by atoms with Crippen LogP contribution in [0.15, 0.2) is 76.8 Å². The fourth-order valence-electron chi connectivity index (χ4n) is 3.41. The molecular formula is C25H31N3O4S2. The number of rotatable bonds is 10. The topological polar surface area (TPSA) is 100 Å². The van der Waals surface area contributed by atoms with Gasteiger partial charge in [0, 0.05) is 25.2 Å². The number of nitrogens with zero attached hydrogens (tertiary/aromatic N) is 2. The van der Waals surface area contributed by atoms with E-state index in [1.165, 1.54) is 28.8 Å². The van der Waals surface area contributed by atoms with E-state index in [-0.39, 0.29) is 34.6 Å². The average molecular weight is 502 g/mol. The maximum Gasteiger partial charge on any atom is 0.264 e. The summed E-state index contributed by atoms with van der Waals surface area (Å²) in [6.45, 7) is 6.41. The van der Waals surface area contributed by atoms with Crippen LogP contribution in [0.25, 0.3) is 0 Å². The van der Waals surface area contributed by atoms with Gasteiger partial charge in [-0.25, -0.2) is 17.4 Å². The van der Waals surface area contributed by atoms with Crippen molar-refractivity contribution < 1.29 is 17.4 Å². The molecule has 34 heavy (non-hydrogen) atoms. The van der Waals surface area contributed by atoms with E-state index in [4.69, 9.17) is 9.52 Å². The molecule has 182 valence electrons. The van der Waals surface area contributed by atoms with Gasteiger partial charge in [0.25, 0.3) is 10.0 Å². The van der Waals surface area contributed by atoms with Crippen LogP contribution >= 0.6 is 0 Å². The Morgan fingerprint density at radius 1 is 0.971 bits per heavy atom. The van der Waals surface area contributed by atoms with Gasteiger partial charge in [0.15, 0.2) is 0 Å². The lowest BCUT2D eigenvalue weighted by molar-refractivity contribution is 0.298. The van der Waals surface area contributed by atoms with Crippen LogP contribution in [0.3, 0.4) is 0 Å². The minimum absolute atomic E-state index is 0.0270. The summed E-state index contributed by atoms with van der Waals surface area (Å²) in [4.78, 5) is 3.99. The van der Waals surface area contributed by atoms with Crippen LogP contribution < -0.4 is 9.04 Å². The molecule has 0 spiro atoms. The highest BCUT2D eigenvalue weighted by Gasteiger charge is 2.28. The third-order valence-electron chi connectivity index (χ3n) is 5.23. The third-order valence-corrected chi connectivity index (χ3v) is 8.18. The predicted molar refractivity (Wildman–Crippen MR) is 135 cm³/mol. The van der Waals surface area contributed by atoms with E-state index < -0.39 is 19.8 Å². The average Bonchev–Trinajstić information content (AvgIpc) is 2.81. The zero-order valence-electron chi connectivity index (χ0n) is 19.9. The number of benzene rings is 2. The smallest absolute Gasteiger partial charge is 0.264 e. The van der Waals surface area contributed by atoms with Crippen LogP contribution in [0.1, 0.15) is 31.9 Å². The van der Waals surface area contributed by atoms with E-state index >= 15 is 0 Å². The largest absolute Gasteiger partial charge is 0.488 e. The molecule has 0 bridgehead atoms. The summed E-state index contributed by atoms with van der Waals surface area (Å²) >= 11 is 0. The Kier molecular flexibility index (Phi) is 7.99. The van der Waals surface area contributed by atoms with Crippen molar-refractivity contribution in [2.75, 3.05) is 17.1 Å². The molecule has 0 amide bonds. The first-order chi connectivity index (χ1) is 16.0. The second kappa shape index (κ2) is 10.6. The number of pyridine rings is 1. The van der Waals surface area contributed by atoms with Gasteiger partial charge in [-0.3, -0.25) is 9.29 Å². The van der Waals surface area contributed by atoms with E-state index in [1.54, 1.807) is 36.7 Å². The van der Waals surface area contributed by atoms with Crippen LogP contribution in [-0.2, 0) is 32.8 Å². The van der Waals surface area contributed by atoms with Crippen molar-refractivity contribution >= 4 is 25.4 Å². The fourth-order valence-corrected chi connectivity index (χ4v) is 6.00. The maximum atomic E-state index is 13.7. The summed E-state index contributed by atoms with van der Waals surface area (Å²) in [5.41, 5.74) is 2.53. The summed E-state index contributed by atoms with van der Waals surface area (Å²) in [7, 11) is -7.24. The summed E-state index contributed by atoms with van der Waals surface area (Å²) in [6, 6.07) is 15.3. The van der Waals surface area contributed by atoms with Gasteiger partial charge in [-0.2, -0.15) is 0 Å². The number of nitrogens with one attached hydrogen (secondary N) is 1. The molecule has 0 aliphatic heterocycles. The maximum absolute atomic E-state index is 13.7. The van der Waals surface area contributed by atoms with Crippen molar-refractivity contribution in [1.82, 2.24) is 4.98 Å². The number of anilines is 1. The Balaban J connectivity index is 2.02. The molecule has 1 atom stereocenters. The lowest BCUT2D eigenvalue weighted by Gasteiger charge is -2.27. The summed E-state index contributed by atoms with van der Waals surface area (Å²) in [5, 5.41) is 0. The Hall–Kier alpha value is -2.91. The standard InChI is InChI=1S/C25H31N3O4S2/c1-5-20-6-8-22(9-7-20)28(17-19(2)3)34(30,31)23-10-11-24(25(16-23)33(4,26)29)32-18-21-12-14-27-15-13-21/h6-16,19,26H,5,17-18H2,1-4H3. The van der Waals surface area contributed by atoms with Gasteiger partial charge in [-0.1, -0.05) is 32.9 Å². The highest BCUT2D eigenvalue weighted by atomic mass is 32.2. The lowest BCUT2D eigenvalue weighted by atomic mass is 10.1. The Labute approximate surface area is 202 Å². The molecule has 1 heterocycles. The van der Waals surface area contributed by atoms with E-state index in [1.807, 2.05) is 32.9 Å². The van der Waals surface area contributed by atoms with Crippen molar-refractivity contribution in [3.05, 3.63) is 78.1 Å². The number of ether oxygens (including phenoxy) is 1. The summed E-state index contributed by atoms with van der Waals surface area (Å²) in [5.74, 6) is 0.301. The van der Waals surface area contributed by atoms with Gasteiger partial charge in [0.2, 0.25) is 0 Å². The Morgan fingerprint density at radius 2 is 1.62 bits per heavy atom. The first-order valence-electron chi connectivity index (χ1n) is 11.0. The molecule has 0 radical (unpaired) electrons. The first kappa shape index (κ1) is 25.7. The first-order valence-corrected chi connectivity index (χ1v) is 14.4. The molecule has 2 aromatic carbocycles. The van der Waals surface area contributed by atoms with Gasteiger partial charge in [-0.15, -0.1) is 0 Å². The number of aryl methyl sites for hydroxylation is 1. The van der Waals surface area contributed by atoms with E-state index in [0.29, 0.717) is 5.69 Å². The highest BCUT2D eigenvalue weighted by molar-refractivity contribution is 7.93. The zero-order valence-corrected chi connectivity index (χ0v) is 21.5. The van der Waals surface area contributed by atoms with Crippen molar-refractivity contribution in [1.29, 1.82) is 4.78 Å². The van der Waals surface area contributed by atoms with Crippen molar-refractivity contribution in [2.45, 2.75) is 43.6 Å². The normalized spacial score (nSPS) is 13.4. The van der Waals surface area contributed by atoms with Crippen LogP contribution in [0.5, 0.6) is 5.75 Å². The lowest BCUT2D eigenvalue weighted by Crippen LogP contribution is -2.34. The molecule has 7 nitrogen and oxygen atoms in total. The van der Waals surface area contributed by atoms with Crippen molar-refractivity contribution in [3.8, 4) is 5.75 Å². The molecule has 0 fully saturated rings. The van der Waals surface area contributed by atoms with Crippen LogP contribution in [0, 0.1) is 10.7 Å². The molecule has 0 aliphatic rings. The fraction of sp³-hybridized carbons (Fsp3) is 0.320. The minimum atomic E-state index is -3.97. The van der Waals surface area contributed by atoms with Gasteiger partial charge in [-0.05, 0) is 65.9 Å². The number of hydrogen-bond acceptors (Lipinski definition) is 6. The van der Waals surface area contributed by atoms with E-state index in [0.717, 1.165) is 17.5 Å². The van der Waals surface area contributed by atoms with Crippen LogP contribution in [0.4, 0.5) is 5.69 Å². The highest BCUT2D eigenvalue weighted by Crippen LogP contribution is 2.32. The molecule has 0 saturated heterocycles. The SMILES string of the molecule is CCc1ccc(N(CC(C)C)S(=O)(=O)c2ccc(OCc3ccncc3)c(S(C)(=N)=O)c2)cc1. The predicted octanol–water partition coefficient (Wildman–Crippen LogP) is 5.11. The molecule has 0 saturated carbocycles. The molecule has 1 unspecified atom stereocenters. The molecule has 1 aromatic heterocycles. The Bertz CT molecular complexity index is 1320. The van der Waals surface area contributed by atoms with Gasteiger partial charge >= 0.3 is 0 Å². The molecule has 1 N–H and O–H groups in total. The van der Waals surface area contributed by atoms with Gasteiger partial charge < -0.3 is 4.74 Å². The van der Waals surface area contributed by atoms with E-state index in [9.17, 15) is 12.6 Å². The Morgan fingerprint density at radius 3 is 2.18 bits per heavy atom.